The van der Waals surface area contributed by atoms with E-state index in [1.54, 1.807) is 17.1 Å². The van der Waals surface area contributed by atoms with Gasteiger partial charge < -0.3 is 5.73 Å². The lowest BCUT2D eigenvalue weighted by Crippen LogP contribution is -2.05. The van der Waals surface area contributed by atoms with Gasteiger partial charge in [0.1, 0.15) is 0 Å². The summed E-state index contributed by atoms with van der Waals surface area (Å²) in [4.78, 5) is 0. The highest BCUT2D eigenvalue weighted by atomic mass is 19.4. The van der Waals surface area contributed by atoms with Crippen molar-refractivity contribution in [1.82, 2.24) is 9.78 Å². The first-order valence-corrected chi connectivity index (χ1v) is 5.36. The number of hydrogen-bond acceptors (Lipinski definition) is 2. The monoisotopic (exact) mass is 255 g/mol. The van der Waals surface area contributed by atoms with Crippen LogP contribution in [0.15, 0.2) is 36.7 Å². The van der Waals surface area contributed by atoms with Gasteiger partial charge in [-0.3, -0.25) is 4.68 Å². The minimum atomic E-state index is -4.29. The van der Waals surface area contributed by atoms with E-state index in [1.165, 1.54) is 12.1 Å². The van der Waals surface area contributed by atoms with E-state index >= 15 is 0 Å². The molecule has 1 aromatic heterocycles. The second-order valence-electron chi connectivity index (χ2n) is 3.94. The van der Waals surface area contributed by atoms with E-state index in [1.807, 2.05) is 0 Å². The van der Waals surface area contributed by atoms with E-state index in [0.717, 1.165) is 23.3 Å². The number of aromatic nitrogens is 2. The van der Waals surface area contributed by atoms with Gasteiger partial charge in [-0.1, -0.05) is 12.1 Å². The van der Waals surface area contributed by atoms with Gasteiger partial charge in [-0.15, -0.1) is 0 Å². The summed E-state index contributed by atoms with van der Waals surface area (Å²) in [6.45, 7) is 0.825. The maximum Gasteiger partial charge on any atom is 0.416 e. The van der Waals surface area contributed by atoms with Gasteiger partial charge in [0.2, 0.25) is 0 Å². The summed E-state index contributed by atoms with van der Waals surface area (Å²) in [6, 6.07) is 5.05. The van der Waals surface area contributed by atoms with E-state index in [2.05, 4.69) is 5.10 Å². The Bertz CT molecular complexity index is 514. The smallest absolute Gasteiger partial charge is 0.326 e. The SMILES string of the molecule is NCc1cnn(Cc2ccc(C(F)(F)F)cc2)c1. The molecule has 6 heteroatoms. The van der Waals surface area contributed by atoms with Crippen molar-refractivity contribution in [3.8, 4) is 0 Å². The summed E-state index contributed by atoms with van der Waals surface area (Å²) < 4.78 is 38.7. The standard InChI is InChI=1S/C12H12F3N3/c13-12(14,15)11-3-1-9(2-4-11)7-18-8-10(5-16)6-17-18/h1-4,6,8H,5,7,16H2. The Hall–Kier alpha value is -1.82. The normalized spacial score (nSPS) is 11.8. The first kappa shape index (κ1) is 12.6. The van der Waals surface area contributed by atoms with E-state index in [9.17, 15) is 13.2 Å². The van der Waals surface area contributed by atoms with Crippen molar-refractivity contribution in [1.29, 1.82) is 0 Å². The predicted octanol–water partition coefficient (Wildman–Crippen LogP) is 2.41. The van der Waals surface area contributed by atoms with Crippen LogP contribution in [-0.4, -0.2) is 9.78 Å². The lowest BCUT2D eigenvalue weighted by atomic mass is 10.1. The van der Waals surface area contributed by atoms with Crippen LogP contribution < -0.4 is 5.73 Å². The molecular formula is C12H12F3N3. The van der Waals surface area contributed by atoms with Crippen molar-refractivity contribution in [2.45, 2.75) is 19.3 Å². The summed E-state index contributed by atoms with van der Waals surface area (Å²) in [6.07, 6.45) is -0.876. The highest BCUT2D eigenvalue weighted by molar-refractivity contribution is 5.24. The second-order valence-corrected chi connectivity index (χ2v) is 3.94. The van der Waals surface area contributed by atoms with Gasteiger partial charge >= 0.3 is 6.18 Å². The van der Waals surface area contributed by atoms with Crippen LogP contribution in [0.4, 0.5) is 13.2 Å². The van der Waals surface area contributed by atoms with Gasteiger partial charge in [-0.2, -0.15) is 18.3 Å². The molecule has 2 aromatic rings. The summed E-state index contributed by atoms with van der Waals surface area (Å²) in [5.41, 5.74) is 6.45. The van der Waals surface area contributed by atoms with Crippen LogP contribution in [0.5, 0.6) is 0 Å². The van der Waals surface area contributed by atoms with Crippen LogP contribution in [0.1, 0.15) is 16.7 Å². The van der Waals surface area contributed by atoms with Crippen molar-refractivity contribution in [2.75, 3.05) is 0 Å². The molecule has 0 saturated heterocycles. The zero-order valence-electron chi connectivity index (χ0n) is 9.48. The molecule has 0 aliphatic rings. The number of rotatable bonds is 3. The fourth-order valence-electron chi connectivity index (χ4n) is 1.58. The van der Waals surface area contributed by atoms with Gasteiger partial charge in [-0.05, 0) is 17.7 Å². The molecule has 0 unspecified atom stereocenters. The van der Waals surface area contributed by atoms with Gasteiger partial charge in [0.25, 0.3) is 0 Å². The first-order valence-electron chi connectivity index (χ1n) is 5.36. The zero-order valence-corrected chi connectivity index (χ0v) is 9.48. The Balaban J connectivity index is 2.11. The first-order chi connectivity index (χ1) is 8.49. The molecule has 0 spiro atoms. The molecule has 0 aliphatic carbocycles. The van der Waals surface area contributed by atoms with Gasteiger partial charge in [-0.25, -0.2) is 0 Å². The molecule has 2 N–H and O–H groups in total. The van der Waals surface area contributed by atoms with Crippen LogP contribution in [-0.2, 0) is 19.3 Å². The molecule has 0 atom stereocenters. The van der Waals surface area contributed by atoms with Gasteiger partial charge in [0, 0.05) is 18.3 Å². The average molecular weight is 255 g/mol. The quantitative estimate of drug-likeness (QED) is 0.915. The fraction of sp³-hybridized carbons (Fsp3) is 0.250. The number of nitrogens with two attached hydrogens (primary N) is 1. The van der Waals surface area contributed by atoms with Gasteiger partial charge in [0.15, 0.2) is 0 Å². The Labute approximate surface area is 102 Å². The third kappa shape index (κ3) is 2.89. The zero-order chi connectivity index (χ0) is 13.2. The average Bonchev–Trinajstić information content (AvgIpc) is 2.76. The molecule has 1 aromatic carbocycles. The molecule has 96 valence electrons. The molecular weight excluding hydrogens is 243 g/mol. The predicted molar refractivity (Wildman–Crippen MR) is 60.7 cm³/mol. The number of hydrogen-bond donors (Lipinski definition) is 1. The van der Waals surface area contributed by atoms with E-state index in [-0.39, 0.29) is 0 Å². The van der Waals surface area contributed by atoms with Crippen molar-refractivity contribution in [2.24, 2.45) is 5.73 Å². The molecule has 1 heterocycles. The van der Waals surface area contributed by atoms with Crippen molar-refractivity contribution >= 4 is 0 Å². The molecule has 0 bridgehead atoms. The molecule has 18 heavy (non-hydrogen) atoms. The Morgan fingerprint density at radius 1 is 1.11 bits per heavy atom. The highest BCUT2D eigenvalue weighted by Crippen LogP contribution is 2.29. The van der Waals surface area contributed by atoms with Gasteiger partial charge in [0.05, 0.1) is 18.3 Å². The Morgan fingerprint density at radius 3 is 2.28 bits per heavy atom. The lowest BCUT2D eigenvalue weighted by molar-refractivity contribution is -0.137. The largest absolute Gasteiger partial charge is 0.416 e. The number of benzene rings is 1. The van der Waals surface area contributed by atoms with Crippen LogP contribution in [0.3, 0.4) is 0 Å². The molecule has 0 radical (unpaired) electrons. The van der Waals surface area contributed by atoms with E-state index in [0.29, 0.717) is 13.1 Å². The summed E-state index contributed by atoms with van der Waals surface area (Å²) in [5, 5.41) is 4.07. The number of alkyl halides is 3. The van der Waals surface area contributed by atoms with Crippen molar-refractivity contribution in [3.05, 3.63) is 53.3 Å². The molecule has 0 aliphatic heterocycles. The molecule has 0 saturated carbocycles. The second kappa shape index (κ2) is 4.81. The topological polar surface area (TPSA) is 43.8 Å². The van der Waals surface area contributed by atoms with Crippen LogP contribution in [0.25, 0.3) is 0 Å². The maximum atomic E-state index is 12.4. The summed E-state index contributed by atoms with van der Waals surface area (Å²) in [5.74, 6) is 0. The van der Waals surface area contributed by atoms with Crippen molar-refractivity contribution in [3.63, 3.8) is 0 Å². The Morgan fingerprint density at radius 2 is 1.78 bits per heavy atom. The molecule has 2 rings (SSSR count). The highest BCUT2D eigenvalue weighted by Gasteiger charge is 2.29. The van der Waals surface area contributed by atoms with Crippen LogP contribution in [0, 0.1) is 0 Å². The third-order valence-corrected chi connectivity index (χ3v) is 2.55. The summed E-state index contributed by atoms with van der Waals surface area (Å²) in [7, 11) is 0. The van der Waals surface area contributed by atoms with Crippen LogP contribution >= 0.6 is 0 Å². The molecule has 0 fully saturated rings. The Kier molecular flexibility index (Phi) is 3.38. The lowest BCUT2D eigenvalue weighted by Gasteiger charge is -2.07. The van der Waals surface area contributed by atoms with Crippen molar-refractivity contribution < 1.29 is 13.2 Å². The molecule has 0 amide bonds. The van der Waals surface area contributed by atoms with Crippen LogP contribution in [0.2, 0.25) is 0 Å². The minimum absolute atomic E-state index is 0.396. The number of nitrogens with zero attached hydrogens (tertiary/aromatic N) is 2. The number of halogens is 3. The van der Waals surface area contributed by atoms with E-state index < -0.39 is 11.7 Å². The summed E-state index contributed by atoms with van der Waals surface area (Å²) >= 11 is 0. The van der Waals surface area contributed by atoms with E-state index in [4.69, 9.17) is 5.73 Å². The molecule has 3 nitrogen and oxygen atoms in total. The minimum Gasteiger partial charge on any atom is -0.326 e. The third-order valence-electron chi connectivity index (χ3n) is 2.55. The fourth-order valence-corrected chi connectivity index (χ4v) is 1.58. The maximum absolute atomic E-state index is 12.4.